The van der Waals surface area contributed by atoms with Crippen LogP contribution < -0.4 is 4.90 Å². The summed E-state index contributed by atoms with van der Waals surface area (Å²) in [4.78, 5) is 15.0. The van der Waals surface area contributed by atoms with E-state index in [2.05, 4.69) is 16.3 Å². The van der Waals surface area contributed by atoms with Gasteiger partial charge < -0.3 is 9.32 Å². The Bertz CT molecular complexity index is 1270. The maximum atomic E-state index is 12.9. The predicted molar refractivity (Wildman–Crippen MR) is 126 cm³/mol. The van der Waals surface area contributed by atoms with E-state index in [-0.39, 0.29) is 28.5 Å². The topological polar surface area (TPSA) is 96.6 Å². The number of rotatable bonds is 6. The number of hydrogen-bond donors (Lipinski definition) is 0. The molecule has 1 aromatic heterocycles. The van der Waals surface area contributed by atoms with Crippen molar-refractivity contribution < 1.29 is 17.6 Å². The lowest BCUT2D eigenvalue weighted by Crippen LogP contribution is -2.36. The molecule has 3 aromatic rings. The van der Waals surface area contributed by atoms with Crippen LogP contribution in [0.25, 0.3) is 11.5 Å². The average Bonchev–Trinajstić information content (AvgIpc) is 3.57. The predicted octanol–water partition coefficient (Wildman–Crippen LogP) is 3.59. The van der Waals surface area contributed by atoms with Crippen LogP contribution in [0.1, 0.15) is 25.3 Å². The second-order valence-corrected chi connectivity index (χ2v) is 11.1. The summed E-state index contributed by atoms with van der Waals surface area (Å²) in [5.74, 6) is 0.469. The molecule has 0 bridgehead atoms. The molecular formula is C23H24N4O4S2. The molecule has 1 atom stereocenters. The number of thioether (sulfide) groups is 1. The summed E-state index contributed by atoms with van der Waals surface area (Å²) >= 11 is 1.20. The molecule has 172 valence electrons. The molecule has 10 heteroatoms. The number of amides is 1. The Morgan fingerprint density at radius 3 is 2.58 bits per heavy atom. The molecular weight excluding hydrogens is 460 g/mol. The van der Waals surface area contributed by atoms with E-state index in [4.69, 9.17) is 4.42 Å². The van der Waals surface area contributed by atoms with Crippen molar-refractivity contribution in [3.63, 3.8) is 0 Å². The van der Waals surface area contributed by atoms with E-state index >= 15 is 0 Å². The quantitative estimate of drug-likeness (QED) is 0.493. The summed E-state index contributed by atoms with van der Waals surface area (Å²) < 4.78 is 32.6. The van der Waals surface area contributed by atoms with Gasteiger partial charge in [0.05, 0.1) is 10.6 Å². The van der Waals surface area contributed by atoms with Crippen LogP contribution in [0.5, 0.6) is 0 Å². The van der Waals surface area contributed by atoms with Crippen molar-refractivity contribution in [3.8, 4) is 11.5 Å². The first-order valence-electron chi connectivity index (χ1n) is 10.9. The lowest BCUT2D eigenvalue weighted by molar-refractivity contribution is -0.116. The first-order valence-corrected chi connectivity index (χ1v) is 13.3. The molecule has 33 heavy (non-hydrogen) atoms. The van der Waals surface area contributed by atoms with Crippen LogP contribution in [0, 0.1) is 0 Å². The van der Waals surface area contributed by atoms with Crippen LogP contribution in [-0.4, -0.2) is 53.7 Å². The first-order chi connectivity index (χ1) is 15.9. The van der Waals surface area contributed by atoms with E-state index in [0.29, 0.717) is 23.9 Å². The van der Waals surface area contributed by atoms with Gasteiger partial charge >= 0.3 is 0 Å². The molecule has 0 saturated carbocycles. The van der Waals surface area contributed by atoms with Crippen LogP contribution in [0.15, 0.2) is 63.1 Å². The van der Waals surface area contributed by atoms with Crippen molar-refractivity contribution in [1.82, 2.24) is 14.5 Å². The highest BCUT2D eigenvalue weighted by Gasteiger charge is 2.31. The van der Waals surface area contributed by atoms with Gasteiger partial charge in [0.2, 0.25) is 21.8 Å². The molecule has 0 aliphatic carbocycles. The molecule has 2 aliphatic heterocycles. The fraction of sp³-hybridized carbons (Fsp3) is 0.348. The molecule has 0 unspecified atom stereocenters. The zero-order chi connectivity index (χ0) is 23.0. The average molecular weight is 485 g/mol. The molecule has 1 saturated heterocycles. The number of carbonyl (C=O) groups is 1. The summed E-state index contributed by atoms with van der Waals surface area (Å²) in [5.41, 5.74) is 2.77. The van der Waals surface area contributed by atoms with Gasteiger partial charge in [-0.15, -0.1) is 10.2 Å². The van der Waals surface area contributed by atoms with E-state index < -0.39 is 10.0 Å². The highest BCUT2D eigenvalue weighted by atomic mass is 32.2. The van der Waals surface area contributed by atoms with Crippen molar-refractivity contribution in [2.24, 2.45) is 0 Å². The van der Waals surface area contributed by atoms with Crippen molar-refractivity contribution in [2.75, 3.05) is 23.7 Å². The van der Waals surface area contributed by atoms with Gasteiger partial charge in [-0.2, -0.15) is 4.31 Å². The molecule has 1 fully saturated rings. The Labute approximate surface area is 197 Å². The Morgan fingerprint density at radius 2 is 1.82 bits per heavy atom. The van der Waals surface area contributed by atoms with Crippen LogP contribution in [0.4, 0.5) is 5.69 Å². The summed E-state index contributed by atoms with van der Waals surface area (Å²) in [6.07, 6.45) is 2.64. The highest BCUT2D eigenvalue weighted by Crippen LogP contribution is 2.33. The minimum atomic E-state index is -3.46. The van der Waals surface area contributed by atoms with Crippen molar-refractivity contribution in [1.29, 1.82) is 0 Å². The molecule has 0 N–H and O–H groups in total. The summed E-state index contributed by atoms with van der Waals surface area (Å²) in [7, 11) is -3.46. The van der Waals surface area contributed by atoms with Gasteiger partial charge in [0.15, 0.2) is 0 Å². The molecule has 5 rings (SSSR count). The Kier molecular flexibility index (Phi) is 5.98. The smallest absolute Gasteiger partial charge is 0.277 e. The third-order valence-corrected chi connectivity index (χ3v) is 8.72. The second-order valence-electron chi connectivity index (χ2n) is 8.24. The summed E-state index contributed by atoms with van der Waals surface area (Å²) in [5, 5.41) is 8.40. The van der Waals surface area contributed by atoms with E-state index in [1.165, 1.54) is 21.6 Å². The van der Waals surface area contributed by atoms with E-state index in [1.54, 1.807) is 24.3 Å². The minimum Gasteiger partial charge on any atom is -0.411 e. The van der Waals surface area contributed by atoms with Crippen LogP contribution in [0.2, 0.25) is 0 Å². The zero-order valence-electron chi connectivity index (χ0n) is 18.2. The van der Waals surface area contributed by atoms with Crippen molar-refractivity contribution in [2.45, 2.75) is 42.3 Å². The standard InChI is InChI=1S/C23H24N4O4S2/c1-16-14-18-6-2-3-7-20(18)27(16)21(28)15-32-23-25-24-22(31-23)17-8-10-19(11-9-17)33(29,30)26-12-4-5-13-26/h2-3,6-11,16H,4-5,12-15H2,1H3/t16-/m1/s1. The number of anilines is 1. The molecule has 1 amide bonds. The van der Waals surface area contributed by atoms with Gasteiger partial charge in [-0.3, -0.25) is 4.79 Å². The largest absolute Gasteiger partial charge is 0.411 e. The number of hydrogen-bond acceptors (Lipinski definition) is 7. The van der Waals surface area contributed by atoms with Gasteiger partial charge in [-0.1, -0.05) is 30.0 Å². The van der Waals surface area contributed by atoms with E-state index in [1.807, 2.05) is 30.0 Å². The normalized spacial score (nSPS) is 18.6. The number of benzene rings is 2. The second kappa shape index (κ2) is 8.92. The van der Waals surface area contributed by atoms with Crippen LogP contribution in [0.3, 0.4) is 0 Å². The van der Waals surface area contributed by atoms with Crippen LogP contribution >= 0.6 is 11.8 Å². The summed E-state index contributed by atoms with van der Waals surface area (Å²) in [6, 6.07) is 14.5. The Morgan fingerprint density at radius 1 is 1.09 bits per heavy atom. The number of carbonyl (C=O) groups excluding carboxylic acids is 1. The maximum Gasteiger partial charge on any atom is 0.277 e. The lowest BCUT2D eigenvalue weighted by atomic mass is 10.1. The minimum absolute atomic E-state index is 0.00586. The number of fused-ring (bicyclic) bond motifs is 1. The maximum absolute atomic E-state index is 12.9. The van der Waals surface area contributed by atoms with Gasteiger partial charge in [0.1, 0.15) is 0 Å². The number of sulfonamides is 1. The number of para-hydroxylation sites is 1. The third kappa shape index (κ3) is 4.30. The molecule has 2 aromatic carbocycles. The molecule has 0 spiro atoms. The highest BCUT2D eigenvalue weighted by molar-refractivity contribution is 7.99. The van der Waals surface area contributed by atoms with Gasteiger partial charge in [0, 0.05) is 30.4 Å². The van der Waals surface area contributed by atoms with Crippen molar-refractivity contribution >= 4 is 33.4 Å². The number of aromatic nitrogens is 2. The fourth-order valence-electron chi connectivity index (χ4n) is 4.37. The lowest BCUT2D eigenvalue weighted by Gasteiger charge is -2.22. The Hall–Kier alpha value is -2.69. The van der Waals surface area contributed by atoms with Gasteiger partial charge in [-0.05, 0) is 62.1 Å². The molecule has 3 heterocycles. The number of nitrogens with zero attached hydrogens (tertiary/aromatic N) is 4. The fourth-order valence-corrected chi connectivity index (χ4v) is 6.51. The molecule has 8 nitrogen and oxygen atoms in total. The Balaban J connectivity index is 1.24. The molecule has 0 radical (unpaired) electrons. The van der Waals surface area contributed by atoms with Gasteiger partial charge in [-0.25, -0.2) is 8.42 Å². The zero-order valence-corrected chi connectivity index (χ0v) is 19.8. The monoisotopic (exact) mass is 484 g/mol. The van der Waals surface area contributed by atoms with E-state index in [9.17, 15) is 13.2 Å². The van der Waals surface area contributed by atoms with Crippen LogP contribution in [-0.2, 0) is 21.2 Å². The van der Waals surface area contributed by atoms with E-state index in [0.717, 1.165) is 24.9 Å². The molecule has 2 aliphatic rings. The SMILES string of the molecule is C[C@@H]1Cc2ccccc2N1C(=O)CSc1nnc(-c2ccc(S(=O)(=O)N3CCCC3)cc2)o1. The first kappa shape index (κ1) is 22.1. The summed E-state index contributed by atoms with van der Waals surface area (Å²) in [6.45, 7) is 3.17. The van der Waals surface area contributed by atoms with Gasteiger partial charge in [0.25, 0.3) is 5.22 Å². The van der Waals surface area contributed by atoms with Crippen molar-refractivity contribution in [3.05, 3.63) is 54.1 Å². The third-order valence-electron chi connectivity index (χ3n) is 6.01.